The quantitative estimate of drug-likeness (QED) is 0.354. The Morgan fingerprint density at radius 3 is 2.92 bits per heavy atom. The molecule has 2 aliphatic rings. The van der Waals surface area contributed by atoms with Crippen molar-refractivity contribution in [2.45, 2.75) is 32.7 Å². The highest BCUT2D eigenvalue weighted by Crippen LogP contribution is 2.41. The van der Waals surface area contributed by atoms with Crippen LogP contribution < -0.4 is 15.4 Å². The zero-order valence-corrected chi connectivity index (χ0v) is 22.1. The number of carboxylic acid groups (broad SMARTS) is 1. The monoisotopic (exact) mass is 533 g/mol. The van der Waals surface area contributed by atoms with Gasteiger partial charge in [-0.15, -0.1) is 0 Å². The van der Waals surface area contributed by atoms with Crippen LogP contribution in [0.5, 0.6) is 5.75 Å². The number of benzene rings is 1. The number of methoxy groups -OCH3 is 1. The number of amides is 2. The minimum atomic E-state index is -0.980. The smallest absolute Gasteiger partial charge is 0.408 e. The van der Waals surface area contributed by atoms with E-state index < -0.39 is 12.1 Å². The lowest BCUT2D eigenvalue weighted by Gasteiger charge is -2.17. The fourth-order valence-electron chi connectivity index (χ4n) is 5.13. The standard InChI is InChI=1S/C28H28ClN5O4/c1-28(2)13-17(34(15-28)27(36)37)8-7-16-14-30-11-9-18(16)23-24(22-20(32-23)10-12-31-26(22)35)33-21-6-4-5-19(29)25(21)38-3/h4-6,9,11,14,17,32-33H,10,12-13,15H2,1-3H3,(H,31,35)(H,36,37). The fourth-order valence-corrected chi connectivity index (χ4v) is 5.38. The molecule has 1 aromatic carbocycles. The number of hydrogen-bond donors (Lipinski definition) is 4. The molecule has 0 aliphatic carbocycles. The third kappa shape index (κ3) is 4.75. The Labute approximate surface area is 225 Å². The first kappa shape index (κ1) is 25.5. The van der Waals surface area contributed by atoms with Gasteiger partial charge in [-0.25, -0.2) is 4.79 Å². The Morgan fingerprint density at radius 1 is 1.34 bits per heavy atom. The van der Waals surface area contributed by atoms with Crippen molar-refractivity contribution in [1.82, 2.24) is 20.2 Å². The molecule has 2 aromatic heterocycles. The van der Waals surface area contributed by atoms with Crippen LogP contribution in [0.25, 0.3) is 11.3 Å². The lowest BCUT2D eigenvalue weighted by Crippen LogP contribution is -2.34. The number of carbonyl (C=O) groups is 2. The third-order valence-electron chi connectivity index (χ3n) is 6.83. The molecule has 1 unspecified atom stereocenters. The molecular formula is C28H28ClN5O4. The largest absolute Gasteiger partial charge is 0.493 e. The second-order valence-electron chi connectivity index (χ2n) is 10.2. The van der Waals surface area contributed by atoms with Crippen LogP contribution in [0, 0.1) is 17.3 Å². The second-order valence-corrected chi connectivity index (χ2v) is 10.6. The van der Waals surface area contributed by atoms with Crippen molar-refractivity contribution in [2.24, 2.45) is 5.41 Å². The Morgan fingerprint density at radius 2 is 2.16 bits per heavy atom. The van der Waals surface area contributed by atoms with Gasteiger partial charge in [0.25, 0.3) is 5.91 Å². The normalized spacial score (nSPS) is 17.7. The molecular weight excluding hydrogens is 506 g/mol. The Bertz CT molecular complexity index is 1490. The van der Waals surface area contributed by atoms with Crippen LogP contribution >= 0.6 is 11.6 Å². The first-order valence-electron chi connectivity index (χ1n) is 12.3. The van der Waals surface area contributed by atoms with E-state index in [0.717, 1.165) is 11.3 Å². The predicted octanol–water partition coefficient (Wildman–Crippen LogP) is 4.90. The Kier molecular flexibility index (Phi) is 6.67. The van der Waals surface area contributed by atoms with E-state index in [1.54, 1.807) is 24.5 Å². The predicted molar refractivity (Wildman–Crippen MR) is 145 cm³/mol. The van der Waals surface area contributed by atoms with Gasteiger partial charge in [-0.2, -0.15) is 0 Å². The molecule has 4 N–H and O–H groups in total. The highest BCUT2D eigenvalue weighted by Gasteiger charge is 2.39. The van der Waals surface area contributed by atoms with Crippen molar-refractivity contribution in [3.8, 4) is 28.8 Å². The molecule has 196 valence electrons. The molecule has 4 heterocycles. The number of rotatable bonds is 4. The van der Waals surface area contributed by atoms with Crippen molar-refractivity contribution in [1.29, 1.82) is 0 Å². The summed E-state index contributed by atoms with van der Waals surface area (Å²) in [5.41, 5.74) is 4.35. The van der Waals surface area contributed by atoms with E-state index in [2.05, 4.69) is 32.4 Å². The van der Waals surface area contributed by atoms with Crippen molar-refractivity contribution in [3.63, 3.8) is 0 Å². The zero-order chi connectivity index (χ0) is 27.0. The molecule has 10 heteroatoms. The molecule has 0 saturated carbocycles. The van der Waals surface area contributed by atoms with Crippen LogP contribution in [0.2, 0.25) is 5.02 Å². The summed E-state index contributed by atoms with van der Waals surface area (Å²) < 4.78 is 5.52. The van der Waals surface area contributed by atoms with Gasteiger partial charge in [0, 0.05) is 43.2 Å². The minimum absolute atomic E-state index is 0.158. The number of likely N-dealkylation sites (tertiary alicyclic amines) is 1. The Hall–Kier alpha value is -4.16. The zero-order valence-electron chi connectivity index (χ0n) is 21.3. The maximum atomic E-state index is 13.0. The molecule has 38 heavy (non-hydrogen) atoms. The van der Waals surface area contributed by atoms with Crippen LogP contribution in [0.3, 0.4) is 0 Å². The van der Waals surface area contributed by atoms with Gasteiger partial charge in [0.1, 0.15) is 0 Å². The first-order chi connectivity index (χ1) is 18.2. The maximum absolute atomic E-state index is 13.0. The molecule has 1 fully saturated rings. The summed E-state index contributed by atoms with van der Waals surface area (Å²) in [6.07, 6.45) is 3.61. The molecule has 5 rings (SSSR count). The van der Waals surface area contributed by atoms with E-state index in [1.807, 2.05) is 26.0 Å². The summed E-state index contributed by atoms with van der Waals surface area (Å²) >= 11 is 6.36. The summed E-state index contributed by atoms with van der Waals surface area (Å²) in [5.74, 6) is 6.61. The van der Waals surface area contributed by atoms with E-state index >= 15 is 0 Å². The fraction of sp³-hybridized carbons (Fsp3) is 0.321. The molecule has 3 aromatic rings. The van der Waals surface area contributed by atoms with Gasteiger partial charge < -0.3 is 25.5 Å². The van der Waals surface area contributed by atoms with Crippen molar-refractivity contribution < 1.29 is 19.4 Å². The lowest BCUT2D eigenvalue weighted by atomic mass is 9.91. The number of para-hydroxylation sites is 1. The van der Waals surface area contributed by atoms with Crippen LogP contribution in [0.4, 0.5) is 16.2 Å². The highest BCUT2D eigenvalue weighted by molar-refractivity contribution is 6.32. The number of aromatic amines is 1. The van der Waals surface area contributed by atoms with E-state index in [1.165, 1.54) is 12.0 Å². The van der Waals surface area contributed by atoms with Gasteiger partial charge in [0.05, 0.1) is 46.4 Å². The van der Waals surface area contributed by atoms with Crippen LogP contribution in [-0.2, 0) is 6.42 Å². The topological polar surface area (TPSA) is 120 Å². The highest BCUT2D eigenvalue weighted by atomic mass is 35.5. The number of nitrogens with one attached hydrogen (secondary N) is 3. The molecule has 0 spiro atoms. The number of halogens is 1. The van der Waals surface area contributed by atoms with Crippen molar-refractivity contribution >= 4 is 35.0 Å². The van der Waals surface area contributed by atoms with E-state index in [9.17, 15) is 14.7 Å². The number of carbonyl (C=O) groups excluding carboxylic acids is 1. The van der Waals surface area contributed by atoms with Gasteiger partial charge in [-0.3, -0.25) is 14.7 Å². The number of pyridine rings is 1. The summed E-state index contributed by atoms with van der Waals surface area (Å²) in [7, 11) is 1.54. The third-order valence-corrected chi connectivity index (χ3v) is 7.12. The Balaban J connectivity index is 1.61. The summed E-state index contributed by atoms with van der Waals surface area (Å²) in [6.45, 7) is 5.03. The number of aromatic nitrogens is 2. The van der Waals surface area contributed by atoms with Crippen molar-refractivity contribution in [3.05, 3.63) is 58.5 Å². The molecule has 1 saturated heterocycles. The summed E-state index contributed by atoms with van der Waals surface area (Å²) in [4.78, 5) is 33.9. The van der Waals surface area contributed by atoms with Gasteiger partial charge in [0.2, 0.25) is 0 Å². The number of ether oxygens (including phenoxy) is 1. The average Bonchev–Trinajstić information content (AvgIpc) is 3.40. The number of fused-ring (bicyclic) bond motifs is 1. The summed E-state index contributed by atoms with van der Waals surface area (Å²) in [6, 6.07) is 6.75. The van der Waals surface area contributed by atoms with Crippen LogP contribution in [-0.4, -0.2) is 58.2 Å². The lowest BCUT2D eigenvalue weighted by molar-refractivity contribution is 0.0946. The number of hydrogen-bond acceptors (Lipinski definition) is 5. The molecule has 0 radical (unpaired) electrons. The van der Waals surface area contributed by atoms with Gasteiger partial charge in [0.15, 0.2) is 5.75 Å². The van der Waals surface area contributed by atoms with E-state index in [0.29, 0.717) is 64.9 Å². The number of nitrogens with zero attached hydrogens (tertiary/aromatic N) is 2. The SMILES string of the molecule is COc1c(Cl)cccc1Nc1c(-c2ccncc2C#CC2CC(C)(C)CN2C(=O)O)[nH]c2c1C(=O)NCC2. The number of H-pyrrole nitrogens is 1. The molecule has 0 bridgehead atoms. The molecule has 1 atom stereocenters. The minimum Gasteiger partial charge on any atom is -0.493 e. The second kappa shape index (κ2) is 9.95. The first-order valence-corrected chi connectivity index (χ1v) is 12.6. The van der Waals surface area contributed by atoms with Gasteiger partial charge in [-0.1, -0.05) is 43.4 Å². The van der Waals surface area contributed by atoms with Crippen LogP contribution in [0.15, 0.2) is 36.7 Å². The van der Waals surface area contributed by atoms with E-state index in [-0.39, 0.29) is 11.3 Å². The molecule has 2 amide bonds. The number of anilines is 2. The summed E-state index contributed by atoms with van der Waals surface area (Å²) in [5, 5.41) is 16.4. The average molecular weight is 534 g/mol. The molecule has 9 nitrogen and oxygen atoms in total. The molecule has 2 aliphatic heterocycles. The maximum Gasteiger partial charge on any atom is 0.408 e. The van der Waals surface area contributed by atoms with Gasteiger partial charge in [-0.05, 0) is 30.0 Å². The van der Waals surface area contributed by atoms with Gasteiger partial charge >= 0.3 is 6.09 Å². The van der Waals surface area contributed by atoms with E-state index in [4.69, 9.17) is 16.3 Å². The van der Waals surface area contributed by atoms with Crippen LogP contribution in [0.1, 0.15) is 41.9 Å². The van der Waals surface area contributed by atoms with Crippen molar-refractivity contribution in [2.75, 3.05) is 25.5 Å².